The van der Waals surface area contributed by atoms with Crippen LogP contribution in [0.3, 0.4) is 0 Å². The summed E-state index contributed by atoms with van der Waals surface area (Å²) in [6.45, 7) is 4.93. The minimum Gasteiger partial charge on any atom is -0.466 e. The molecule has 0 aliphatic heterocycles. The summed E-state index contributed by atoms with van der Waals surface area (Å²) in [7, 11) is 0. The van der Waals surface area contributed by atoms with E-state index in [9.17, 15) is 9.18 Å². The van der Waals surface area contributed by atoms with Gasteiger partial charge in [0, 0.05) is 18.7 Å². The number of unbranched alkanes of at least 4 members (excludes halogenated alkanes) is 2. The predicted molar refractivity (Wildman–Crippen MR) is 82.4 cm³/mol. The Balaban J connectivity index is 2.22. The van der Waals surface area contributed by atoms with E-state index in [0.29, 0.717) is 17.5 Å². The highest BCUT2D eigenvalue weighted by molar-refractivity contribution is 9.10. The van der Waals surface area contributed by atoms with Crippen molar-refractivity contribution in [1.29, 1.82) is 0 Å². The molecule has 0 fully saturated rings. The molecule has 5 heteroatoms. The first-order chi connectivity index (χ1) is 9.54. The average molecular weight is 346 g/mol. The molecule has 0 saturated carbocycles. The van der Waals surface area contributed by atoms with Gasteiger partial charge in [0.05, 0.1) is 11.1 Å². The van der Waals surface area contributed by atoms with Gasteiger partial charge < -0.3 is 10.1 Å². The normalized spacial score (nSPS) is 10.4. The van der Waals surface area contributed by atoms with Crippen molar-refractivity contribution in [1.82, 2.24) is 0 Å². The minimum absolute atomic E-state index is 0.126. The van der Waals surface area contributed by atoms with Crippen molar-refractivity contribution in [3.63, 3.8) is 0 Å². The van der Waals surface area contributed by atoms with Crippen LogP contribution in [0.2, 0.25) is 0 Å². The smallest absolute Gasteiger partial charge is 0.305 e. The van der Waals surface area contributed by atoms with Crippen molar-refractivity contribution in [3.8, 4) is 0 Å². The highest BCUT2D eigenvalue weighted by Gasteiger charge is 2.05. The highest BCUT2D eigenvalue weighted by atomic mass is 79.9. The number of hydrogen-bond acceptors (Lipinski definition) is 3. The molecule has 0 heterocycles. The lowest BCUT2D eigenvalue weighted by Gasteiger charge is -2.10. The molecule has 0 aliphatic rings. The van der Waals surface area contributed by atoms with E-state index in [1.165, 1.54) is 6.07 Å². The molecule has 3 nitrogen and oxygen atoms in total. The van der Waals surface area contributed by atoms with Gasteiger partial charge in [-0.25, -0.2) is 4.39 Å². The first-order valence-electron chi connectivity index (χ1n) is 6.89. The van der Waals surface area contributed by atoms with Gasteiger partial charge in [-0.2, -0.15) is 0 Å². The van der Waals surface area contributed by atoms with E-state index in [1.807, 2.05) is 13.8 Å². The molecule has 1 aromatic carbocycles. The van der Waals surface area contributed by atoms with Crippen molar-refractivity contribution in [3.05, 3.63) is 28.0 Å². The number of benzene rings is 1. The summed E-state index contributed by atoms with van der Waals surface area (Å²) in [4.78, 5) is 11.1. The molecule has 0 saturated heterocycles. The predicted octanol–water partition coefficient (Wildman–Crippen LogP) is 4.43. The molecule has 0 radical (unpaired) electrons. The number of nitrogens with one attached hydrogen (secondary N) is 1. The average Bonchev–Trinajstić information content (AvgIpc) is 2.39. The Morgan fingerprint density at radius 1 is 1.35 bits per heavy atom. The van der Waals surface area contributed by atoms with Gasteiger partial charge in [-0.05, 0) is 60.3 Å². The third-order valence-electron chi connectivity index (χ3n) is 2.95. The van der Waals surface area contributed by atoms with E-state index in [2.05, 4.69) is 21.2 Å². The van der Waals surface area contributed by atoms with Crippen molar-refractivity contribution in [2.75, 3.05) is 18.5 Å². The Labute approximate surface area is 128 Å². The van der Waals surface area contributed by atoms with E-state index in [1.54, 1.807) is 6.07 Å². The van der Waals surface area contributed by atoms with E-state index in [4.69, 9.17) is 4.74 Å². The van der Waals surface area contributed by atoms with Gasteiger partial charge in [0.2, 0.25) is 0 Å². The van der Waals surface area contributed by atoms with Gasteiger partial charge in [0.1, 0.15) is 5.82 Å². The molecule has 0 spiro atoms. The number of aryl methyl sites for hydroxylation is 1. The van der Waals surface area contributed by atoms with Crippen molar-refractivity contribution in [2.45, 2.75) is 39.5 Å². The monoisotopic (exact) mass is 345 g/mol. The summed E-state index contributed by atoms with van der Waals surface area (Å²) < 4.78 is 18.6. The minimum atomic E-state index is -0.248. The third kappa shape index (κ3) is 5.90. The molecule has 1 N–H and O–H groups in total. The van der Waals surface area contributed by atoms with Crippen molar-refractivity contribution in [2.24, 2.45) is 0 Å². The number of ether oxygens (including phenoxy) is 1. The number of carbonyl (C=O) groups excluding carboxylic acids is 1. The van der Waals surface area contributed by atoms with Crippen molar-refractivity contribution >= 4 is 27.6 Å². The maximum absolute atomic E-state index is 13.3. The second kappa shape index (κ2) is 8.95. The number of halogens is 2. The van der Waals surface area contributed by atoms with Gasteiger partial charge in [0.15, 0.2) is 0 Å². The number of anilines is 1. The molecule has 112 valence electrons. The van der Waals surface area contributed by atoms with Gasteiger partial charge in [-0.1, -0.05) is 6.42 Å². The molecule has 0 atom stereocenters. The fraction of sp³-hybridized carbons (Fsp3) is 0.533. The fourth-order valence-electron chi connectivity index (χ4n) is 1.86. The maximum Gasteiger partial charge on any atom is 0.305 e. The Bertz CT molecular complexity index is 452. The first kappa shape index (κ1) is 17.0. The summed E-state index contributed by atoms with van der Waals surface area (Å²) >= 11 is 3.18. The Morgan fingerprint density at radius 2 is 2.10 bits per heavy atom. The van der Waals surface area contributed by atoms with Crippen molar-refractivity contribution < 1.29 is 13.9 Å². The lowest BCUT2D eigenvalue weighted by atomic mass is 10.1. The fourth-order valence-corrected chi connectivity index (χ4v) is 2.21. The maximum atomic E-state index is 13.3. The Morgan fingerprint density at radius 3 is 2.80 bits per heavy atom. The van der Waals surface area contributed by atoms with E-state index in [0.717, 1.165) is 37.1 Å². The third-order valence-corrected chi connectivity index (χ3v) is 3.55. The number of carbonyl (C=O) groups is 1. The standard InChI is InChI=1S/C15H21BrFNO2/c1-3-20-15(19)7-5-4-6-8-18-14-10-12(16)13(17)9-11(14)2/h9-10,18H,3-8H2,1-2H3. The van der Waals surface area contributed by atoms with Gasteiger partial charge in [0.25, 0.3) is 0 Å². The lowest BCUT2D eigenvalue weighted by molar-refractivity contribution is -0.143. The Hall–Kier alpha value is -1.10. The lowest BCUT2D eigenvalue weighted by Crippen LogP contribution is -2.05. The first-order valence-corrected chi connectivity index (χ1v) is 7.69. The molecule has 1 rings (SSSR count). The molecular weight excluding hydrogens is 325 g/mol. The molecule has 1 aromatic rings. The van der Waals surface area contributed by atoms with Crippen LogP contribution in [0.15, 0.2) is 16.6 Å². The largest absolute Gasteiger partial charge is 0.466 e. The molecule has 20 heavy (non-hydrogen) atoms. The van der Waals surface area contributed by atoms with Crippen LogP contribution in [0, 0.1) is 12.7 Å². The van der Waals surface area contributed by atoms with E-state index in [-0.39, 0.29) is 11.8 Å². The summed E-state index contributed by atoms with van der Waals surface area (Å²) in [5.74, 6) is -0.374. The molecule has 0 aromatic heterocycles. The van der Waals surface area contributed by atoms with E-state index < -0.39 is 0 Å². The van der Waals surface area contributed by atoms with Crippen LogP contribution >= 0.6 is 15.9 Å². The van der Waals surface area contributed by atoms with Crippen LogP contribution in [-0.4, -0.2) is 19.1 Å². The molecular formula is C15H21BrFNO2. The summed E-state index contributed by atoms with van der Waals surface area (Å²) in [5, 5.41) is 3.28. The zero-order chi connectivity index (χ0) is 15.0. The van der Waals surface area contributed by atoms with Gasteiger partial charge in [-0.15, -0.1) is 0 Å². The van der Waals surface area contributed by atoms with Crippen LogP contribution in [0.25, 0.3) is 0 Å². The van der Waals surface area contributed by atoms with Crippen LogP contribution in [0.1, 0.15) is 38.2 Å². The number of hydrogen-bond donors (Lipinski definition) is 1. The quantitative estimate of drug-likeness (QED) is 0.559. The van der Waals surface area contributed by atoms with E-state index >= 15 is 0 Å². The second-order valence-electron chi connectivity index (χ2n) is 4.62. The molecule has 0 unspecified atom stereocenters. The summed E-state index contributed by atoms with van der Waals surface area (Å²) in [6, 6.07) is 3.26. The number of esters is 1. The summed E-state index contributed by atoms with van der Waals surface area (Å²) in [5.41, 5.74) is 1.82. The highest BCUT2D eigenvalue weighted by Crippen LogP contribution is 2.24. The Kier molecular flexibility index (Phi) is 7.59. The summed E-state index contributed by atoms with van der Waals surface area (Å²) in [6.07, 6.45) is 3.25. The second-order valence-corrected chi connectivity index (χ2v) is 5.48. The molecule has 0 amide bonds. The zero-order valence-corrected chi connectivity index (χ0v) is 13.6. The van der Waals surface area contributed by atoms with Crippen LogP contribution in [0.4, 0.5) is 10.1 Å². The molecule has 0 aliphatic carbocycles. The van der Waals surface area contributed by atoms with Gasteiger partial charge >= 0.3 is 5.97 Å². The number of rotatable bonds is 8. The molecule has 0 bridgehead atoms. The van der Waals surface area contributed by atoms with Crippen LogP contribution in [-0.2, 0) is 9.53 Å². The topological polar surface area (TPSA) is 38.3 Å². The van der Waals surface area contributed by atoms with Crippen LogP contribution in [0.5, 0.6) is 0 Å². The zero-order valence-electron chi connectivity index (χ0n) is 12.0. The SMILES string of the molecule is CCOC(=O)CCCCCNc1cc(Br)c(F)cc1C. The van der Waals surface area contributed by atoms with Gasteiger partial charge in [-0.3, -0.25) is 4.79 Å². The van der Waals surface area contributed by atoms with Crippen LogP contribution < -0.4 is 5.32 Å².